The Morgan fingerprint density at radius 3 is 2.76 bits per heavy atom. The Bertz CT molecular complexity index is 410. The third kappa shape index (κ3) is 5.44. The Balaban J connectivity index is 1.78. The standard InChI is InChI=1S/C17H28N2OS/c1-13(2)12-19-16(20)9-10-18-17(14-6-3-4-7-14)15-8-5-11-21-15/h5,8,11,13-14,17-18H,3-4,6-7,9-10,12H2,1-2H3,(H,19,20). The van der Waals surface area contributed by atoms with Gasteiger partial charge in [0.15, 0.2) is 0 Å². The van der Waals surface area contributed by atoms with E-state index in [2.05, 4.69) is 42.0 Å². The highest BCUT2D eigenvalue weighted by atomic mass is 32.1. The highest BCUT2D eigenvalue weighted by Crippen LogP contribution is 2.37. The van der Waals surface area contributed by atoms with Crippen LogP contribution in [0.5, 0.6) is 0 Å². The van der Waals surface area contributed by atoms with E-state index < -0.39 is 0 Å². The van der Waals surface area contributed by atoms with Crippen molar-refractivity contribution in [2.24, 2.45) is 11.8 Å². The largest absolute Gasteiger partial charge is 0.356 e. The molecule has 1 aliphatic carbocycles. The number of amides is 1. The predicted molar refractivity (Wildman–Crippen MR) is 89.5 cm³/mol. The fourth-order valence-corrected chi connectivity index (χ4v) is 3.90. The zero-order valence-corrected chi connectivity index (χ0v) is 14.0. The summed E-state index contributed by atoms with van der Waals surface area (Å²) in [6.45, 7) is 5.77. The summed E-state index contributed by atoms with van der Waals surface area (Å²) < 4.78 is 0. The SMILES string of the molecule is CC(C)CNC(=O)CCNC(c1cccs1)C1CCCC1. The minimum atomic E-state index is 0.160. The maximum Gasteiger partial charge on any atom is 0.221 e. The van der Waals surface area contributed by atoms with Crippen molar-refractivity contribution in [3.8, 4) is 0 Å². The summed E-state index contributed by atoms with van der Waals surface area (Å²) in [6, 6.07) is 4.78. The first-order chi connectivity index (χ1) is 10.2. The van der Waals surface area contributed by atoms with Gasteiger partial charge in [0.05, 0.1) is 0 Å². The molecule has 0 aromatic carbocycles. The second kappa shape index (κ2) is 8.54. The Morgan fingerprint density at radius 1 is 1.38 bits per heavy atom. The molecule has 1 aromatic rings. The highest BCUT2D eigenvalue weighted by Gasteiger charge is 2.26. The van der Waals surface area contributed by atoms with E-state index in [9.17, 15) is 4.79 Å². The van der Waals surface area contributed by atoms with Crippen LogP contribution in [0.1, 0.15) is 56.9 Å². The van der Waals surface area contributed by atoms with Crippen molar-refractivity contribution >= 4 is 17.2 Å². The van der Waals surface area contributed by atoms with Crippen LogP contribution in [0.15, 0.2) is 17.5 Å². The molecule has 1 atom stereocenters. The van der Waals surface area contributed by atoms with Crippen molar-refractivity contribution in [2.45, 2.75) is 52.0 Å². The third-order valence-electron chi connectivity index (χ3n) is 4.14. The molecule has 0 spiro atoms. The Morgan fingerprint density at radius 2 is 2.14 bits per heavy atom. The van der Waals surface area contributed by atoms with Gasteiger partial charge in [-0.2, -0.15) is 0 Å². The number of nitrogens with one attached hydrogen (secondary N) is 2. The molecular formula is C17H28N2OS. The van der Waals surface area contributed by atoms with Gasteiger partial charge in [0, 0.05) is 30.4 Å². The van der Waals surface area contributed by atoms with Gasteiger partial charge in [0.25, 0.3) is 0 Å². The lowest BCUT2D eigenvalue weighted by atomic mass is 9.96. The summed E-state index contributed by atoms with van der Waals surface area (Å²) in [6.07, 6.45) is 5.90. The first-order valence-electron chi connectivity index (χ1n) is 8.20. The molecule has 21 heavy (non-hydrogen) atoms. The summed E-state index contributed by atoms with van der Waals surface area (Å²) in [7, 11) is 0. The number of hydrogen-bond donors (Lipinski definition) is 2. The molecule has 2 rings (SSSR count). The molecule has 3 nitrogen and oxygen atoms in total. The lowest BCUT2D eigenvalue weighted by molar-refractivity contribution is -0.121. The summed E-state index contributed by atoms with van der Waals surface area (Å²) in [4.78, 5) is 13.2. The van der Waals surface area contributed by atoms with Gasteiger partial charge in [-0.1, -0.05) is 32.8 Å². The first-order valence-corrected chi connectivity index (χ1v) is 9.08. The fraction of sp³-hybridized carbons (Fsp3) is 0.706. The van der Waals surface area contributed by atoms with Crippen molar-refractivity contribution in [2.75, 3.05) is 13.1 Å². The minimum absolute atomic E-state index is 0.160. The van der Waals surface area contributed by atoms with Crippen molar-refractivity contribution in [1.29, 1.82) is 0 Å². The Hall–Kier alpha value is -0.870. The monoisotopic (exact) mass is 308 g/mol. The Labute approximate surface area is 132 Å². The maximum absolute atomic E-state index is 11.8. The average Bonchev–Trinajstić information content (AvgIpc) is 3.14. The molecule has 1 unspecified atom stereocenters. The van der Waals surface area contributed by atoms with E-state index in [-0.39, 0.29) is 5.91 Å². The summed E-state index contributed by atoms with van der Waals surface area (Å²) >= 11 is 1.83. The smallest absolute Gasteiger partial charge is 0.221 e. The average molecular weight is 308 g/mol. The number of hydrogen-bond acceptors (Lipinski definition) is 3. The molecule has 118 valence electrons. The zero-order chi connectivity index (χ0) is 15.1. The van der Waals surface area contributed by atoms with Crippen molar-refractivity contribution in [3.05, 3.63) is 22.4 Å². The van der Waals surface area contributed by atoms with Gasteiger partial charge in [-0.25, -0.2) is 0 Å². The van der Waals surface area contributed by atoms with Crippen LogP contribution < -0.4 is 10.6 Å². The van der Waals surface area contributed by atoms with E-state index in [0.717, 1.165) is 19.0 Å². The normalized spacial score (nSPS) is 17.3. The summed E-state index contributed by atoms with van der Waals surface area (Å²) in [5.74, 6) is 1.41. The molecule has 1 amide bonds. The van der Waals surface area contributed by atoms with Crippen LogP contribution in [0, 0.1) is 11.8 Å². The molecule has 1 fully saturated rings. The van der Waals surface area contributed by atoms with Crippen molar-refractivity contribution in [3.63, 3.8) is 0 Å². The second-order valence-corrected chi connectivity index (χ2v) is 7.42. The van der Waals surface area contributed by atoms with Crippen LogP contribution in [-0.4, -0.2) is 19.0 Å². The lowest BCUT2D eigenvalue weighted by Gasteiger charge is -2.23. The lowest BCUT2D eigenvalue weighted by Crippen LogP contribution is -2.33. The quantitative estimate of drug-likeness (QED) is 0.768. The number of thiophene rings is 1. The van der Waals surface area contributed by atoms with Crippen molar-refractivity contribution in [1.82, 2.24) is 10.6 Å². The molecule has 1 aromatic heterocycles. The van der Waals surface area contributed by atoms with E-state index >= 15 is 0 Å². The van der Waals surface area contributed by atoms with E-state index in [1.165, 1.54) is 30.6 Å². The molecular weight excluding hydrogens is 280 g/mol. The maximum atomic E-state index is 11.8. The van der Waals surface area contributed by atoms with Gasteiger partial charge in [-0.3, -0.25) is 4.79 Å². The van der Waals surface area contributed by atoms with Crippen LogP contribution in [0.25, 0.3) is 0 Å². The van der Waals surface area contributed by atoms with Crippen LogP contribution in [0.3, 0.4) is 0 Å². The topological polar surface area (TPSA) is 41.1 Å². The summed E-state index contributed by atoms with van der Waals surface area (Å²) in [5, 5.41) is 8.76. The van der Waals surface area contributed by atoms with E-state index in [1.54, 1.807) is 0 Å². The highest BCUT2D eigenvalue weighted by molar-refractivity contribution is 7.10. The van der Waals surface area contributed by atoms with Gasteiger partial charge in [-0.15, -0.1) is 11.3 Å². The number of carbonyl (C=O) groups excluding carboxylic acids is 1. The molecule has 0 bridgehead atoms. The summed E-state index contributed by atoms with van der Waals surface area (Å²) in [5.41, 5.74) is 0. The molecule has 1 heterocycles. The first kappa shape index (κ1) is 16.5. The molecule has 0 saturated heterocycles. The number of carbonyl (C=O) groups is 1. The van der Waals surface area contributed by atoms with Gasteiger partial charge < -0.3 is 10.6 Å². The van der Waals surface area contributed by atoms with Crippen LogP contribution in [0.2, 0.25) is 0 Å². The van der Waals surface area contributed by atoms with Crippen molar-refractivity contribution < 1.29 is 4.79 Å². The van der Waals surface area contributed by atoms with Crippen LogP contribution in [-0.2, 0) is 4.79 Å². The van der Waals surface area contributed by atoms with Crippen LogP contribution in [0.4, 0.5) is 0 Å². The van der Waals surface area contributed by atoms with Crippen LogP contribution >= 0.6 is 11.3 Å². The second-order valence-electron chi connectivity index (χ2n) is 6.44. The van der Waals surface area contributed by atoms with Gasteiger partial charge in [0.1, 0.15) is 0 Å². The predicted octanol–water partition coefficient (Wildman–Crippen LogP) is 3.73. The fourth-order valence-electron chi connectivity index (χ4n) is 3.01. The molecule has 1 aliphatic rings. The zero-order valence-electron chi connectivity index (χ0n) is 13.2. The molecule has 0 aliphatic heterocycles. The number of rotatable bonds is 8. The molecule has 2 N–H and O–H groups in total. The van der Waals surface area contributed by atoms with Gasteiger partial charge >= 0.3 is 0 Å². The van der Waals surface area contributed by atoms with Gasteiger partial charge in [0.2, 0.25) is 5.91 Å². The molecule has 0 radical (unpaired) electrons. The van der Waals surface area contributed by atoms with E-state index in [0.29, 0.717) is 18.4 Å². The minimum Gasteiger partial charge on any atom is -0.356 e. The Kier molecular flexibility index (Phi) is 6.71. The molecule has 4 heteroatoms. The third-order valence-corrected chi connectivity index (χ3v) is 5.10. The molecule has 1 saturated carbocycles. The van der Waals surface area contributed by atoms with E-state index in [4.69, 9.17) is 0 Å². The van der Waals surface area contributed by atoms with E-state index in [1.807, 2.05) is 11.3 Å². The van der Waals surface area contributed by atoms with Gasteiger partial charge in [-0.05, 0) is 36.1 Å².